The van der Waals surface area contributed by atoms with Crippen LogP contribution in [0.3, 0.4) is 0 Å². The number of hydrogen-bond donors (Lipinski definition) is 2. The molecule has 88 valence electrons. The molecule has 0 aromatic carbocycles. The van der Waals surface area contributed by atoms with Gasteiger partial charge in [0.05, 0.1) is 5.69 Å². The van der Waals surface area contributed by atoms with Crippen molar-refractivity contribution in [2.24, 2.45) is 5.73 Å². The molecule has 1 fully saturated rings. The van der Waals surface area contributed by atoms with Crippen molar-refractivity contribution in [2.75, 3.05) is 5.73 Å². The predicted octanol–water partition coefficient (Wildman–Crippen LogP) is 2.55. The number of nitrogens with two attached hydrogens (primary N) is 2. The topological polar surface area (TPSA) is 64.9 Å². The summed E-state index contributed by atoms with van der Waals surface area (Å²) in [4.78, 5) is 4.31. The number of halogens is 2. The molecule has 0 unspecified atom stereocenters. The number of thiazole rings is 1. The first-order valence-corrected chi connectivity index (χ1v) is 5.60. The van der Waals surface area contributed by atoms with Crippen LogP contribution in [0.4, 0.5) is 5.13 Å². The van der Waals surface area contributed by atoms with Gasteiger partial charge in [0.25, 0.3) is 0 Å². The Hall–Kier alpha value is -0.0300. The van der Waals surface area contributed by atoms with Crippen LogP contribution in [-0.2, 0) is 0 Å². The summed E-state index contributed by atoms with van der Waals surface area (Å²) < 4.78 is 0. The van der Waals surface area contributed by atoms with Crippen LogP contribution in [-0.4, -0.2) is 11.0 Å². The predicted molar refractivity (Wildman–Crippen MR) is 70.2 cm³/mol. The lowest BCUT2D eigenvalue weighted by atomic mass is 9.84. The lowest BCUT2D eigenvalue weighted by Crippen LogP contribution is -2.26. The zero-order chi connectivity index (χ0) is 9.26. The van der Waals surface area contributed by atoms with E-state index in [0.29, 0.717) is 17.1 Å². The highest BCUT2D eigenvalue weighted by atomic mass is 35.5. The number of nitrogens with zero attached hydrogens (tertiary/aromatic N) is 1. The van der Waals surface area contributed by atoms with Crippen LogP contribution in [0.5, 0.6) is 0 Å². The quantitative estimate of drug-likeness (QED) is 0.824. The molecule has 0 aliphatic heterocycles. The van der Waals surface area contributed by atoms with E-state index in [2.05, 4.69) is 10.4 Å². The van der Waals surface area contributed by atoms with Crippen LogP contribution >= 0.6 is 36.2 Å². The van der Waals surface area contributed by atoms with E-state index in [1.165, 1.54) is 24.2 Å². The zero-order valence-corrected chi connectivity index (χ0v) is 10.8. The Kier molecular flexibility index (Phi) is 6.52. The molecule has 1 aromatic heterocycles. The van der Waals surface area contributed by atoms with E-state index in [4.69, 9.17) is 11.5 Å². The minimum atomic E-state index is 0. The molecule has 0 bridgehead atoms. The number of aromatic nitrogens is 1. The highest BCUT2D eigenvalue weighted by molar-refractivity contribution is 7.13. The summed E-state index contributed by atoms with van der Waals surface area (Å²) in [6.45, 7) is 0. The van der Waals surface area contributed by atoms with E-state index in [1.54, 1.807) is 0 Å². The summed E-state index contributed by atoms with van der Waals surface area (Å²) in [7, 11) is 0. The Morgan fingerprint density at radius 3 is 2.60 bits per heavy atom. The standard InChI is InChI=1S/C9H15N3S.2ClH/c10-7-3-1-2-6(4-7)8-5-13-9(11)12-8;;/h5-7H,1-4,10H2,(H2,11,12);2*1H/t6-,7+;;/m0../s1. The molecule has 2 atom stereocenters. The number of rotatable bonds is 1. The molecule has 15 heavy (non-hydrogen) atoms. The first-order valence-electron chi connectivity index (χ1n) is 4.72. The van der Waals surface area contributed by atoms with Gasteiger partial charge in [-0.3, -0.25) is 0 Å². The Labute approximate surface area is 106 Å². The second kappa shape index (κ2) is 6.53. The summed E-state index contributed by atoms with van der Waals surface area (Å²) in [6, 6.07) is 0.363. The molecule has 6 heteroatoms. The Bertz CT molecular complexity index is 293. The maximum atomic E-state index is 5.91. The molecule has 1 aliphatic rings. The van der Waals surface area contributed by atoms with E-state index in [-0.39, 0.29) is 24.8 Å². The minimum absolute atomic E-state index is 0. The Morgan fingerprint density at radius 1 is 1.33 bits per heavy atom. The van der Waals surface area contributed by atoms with Crippen molar-refractivity contribution < 1.29 is 0 Å². The summed E-state index contributed by atoms with van der Waals surface area (Å²) in [5, 5.41) is 2.74. The van der Waals surface area contributed by atoms with Crippen molar-refractivity contribution in [2.45, 2.75) is 37.6 Å². The monoisotopic (exact) mass is 269 g/mol. The molecule has 0 radical (unpaired) electrons. The Morgan fingerprint density at radius 2 is 2.07 bits per heavy atom. The van der Waals surface area contributed by atoms with E-state index in [9.17, 15) is 0 Å². The molecular weight excluding hydrogens is 253 g/mol. The zero-order valence-electron chi connectivity index (χ0n) is 8.39. The fraction of sp³-hybridized carbons (Fsp3) is 0.667. The van der Waals surface area contributed by atoms with Gasteiger partial charge in [0.1, 0.15) is 0 Å². The molecule has 1 heterocycles. The average molecular weight is 270 g/mol. The van der Waals surface area contributed by atoms with Gasteiger partial charge in [-0.1, -0.05) is 6.42 Å². The summed E-state index contributed by atoms with van der Waals surface area (Å²) in [6.07, 6.45) is 4.68. The molecular formula is C9H17Cl2N3S. The maximum absolute atomic E-state index is 5.91. The number of hydrogen-bond acceptors (Lipinski definition) is 4. The largest absolute Gasteiger partial charge is 0.375 e. The molecule has 1 aliphatic carbocycles. The number of anilines is 1. The second-order valence-electron chi connectivity index (χ2n) is 3.73. The molecule has 1 aromatic rings. The van der Waals surface area contributed by atoms with Crippen LogP contribution in [0, 0.1) is 0 Å². The van der Waals surface area contributed by atoms with Crippen molar-refractivity contribution in [3.8, 4) is 0 Å². The molecule has 0 amide bonds. The highest BCUT2D eigenvalue weighted by Gasteiger charge is 2.22. The van der Waals surface area contributed by atoms with Crippen LogP contribution < -0.4 is 11.5 Å². The van der Waals surface area contributed by atoms with Crippen LogP contribution in [0.25, 0.3) is 0 Å². The first-order chi connectivity index (χ1) is 6.25. The SMILES string of the molecule is Cl.Cl.Nc1nc([C@H]2CCC[C@@H](N)C2)cs1. The summed E-state index contributed by atoms with van der Waals surface area (Å²) in [5.74, 6) is 0.553. The first kappa shape index (κ1) is 15.0. The number of nitrogen functional groups attached to an aromatic ring is 1. The van der Waals surface area contributed by atoms with Crippen molar-refractivity contribution in [3.63, 3.8) is 0 Å². The van der Waals surface area contributed by atoms with Crippen molar-refractivity contribution in [1.29, 1.82) is 0 Å². The van der Waals surface area contributed by atoms with Crippen molar-refractivity contribution in [1.82, 2.24) is 4.98 Å². The third-order valence-corrected chi connectivity index (χ3v) is 3.36. The lowest BCUT2D eigenvalue weighted by Gasteiger charge is -2.25. The minimum Gasteiger partial charge on any atom is -0.375 e. The summed E-state index contributed by atoms with van der Waals surface area (Å²) >= 11 is 1.53. The van der Waals surface area contributed by atoms with Gasteiger partial charge in [-0.15, -0.1) is 36.2 Å². The van der Waals surface area contributed by atoms with Gasteiger partial charge in [0, 0.05) is 17.3 Å². The third-order valence-electron chi connectivity index (χ3n) is 2.67. The molecule has 1 saturated carbocycles. The van der Waals surface area contributed by atoms with Gasteiger partial charge in [-0.25, -0.2) is 4.98 Å². The van der Waals surface area contributed by atoms with E-state index in [0.717, 1.165) is 18.5 Å². The van der Waals surface area contributed by atoms with Crippen LogP contribution in [0.1, 0.15) is 37.3 Å². The van der Waals surface area contributed by atoms with E-state index >= 15 is 0 Å². The molecule has 2 rings (SSSR count). The van der Waals surface area contributed by atoms with Gasteiger partial charge >= 0.3 is 0 Å². The van der Waals surface area contributed by atoms with E-state index < -0.39 is 0 Å². The Balaban J connectivity index is 0.000000980. The second-order valence-corrected chi connectivity index (χ2v) is 4.62. The van der Waals surface area contributed by atoms with Crippen molar-refractivity contribution >= 4 is 41.3 Å². The van der Waals surface area contributed by atoms with Gasteiger partial charge in [0.15, 0.2) is 5.13 Å². The van der Waals surface area contributed by atoms with Crippen LogP contribution in [0.2, 0.25) is 0 Å². The summed E-state index contributed by atoms with van der Waals surface area (Å²) in [5.41, 5.74) is 12.7. The van der Waals surface area contributed by atoms with E-state index in [1.807, 2.05) is 0 Å². The van der Waals surface area contributed by atoms with Gasteiger partial charge in [-0.2, -0.15) is 0 Å². The molecule has 0 saturated heterocycles. The fourth-order valence-corrected chi connectivity index (χ4v) is 2.63. The lowest BCUT2D eigenvalue weighted by molar-refractivity contribution is 0.389. The van der Waals surface area contributed by atoms with Crippen LogP contribution in [0.15, 0.2) is 5.38 Å². The fourth-order valence-electron chi connectivity index (χ4n) is 1.98. The molecule has 4 N–H and O–H groups in total. The third kappa shape index (κ3) is 3.79. The average Bonchev–Trinajstić information content (AvgIpc) is 2.52. The normalized spacial score (nSPS) is 25.1. The van der Waals surface area contributed by atoms with Gasteiger partial charge in [-0.05, 0) is 19.3 Å². The smallest absolute Gasteiger partial charge is 0.180 e. The molecule has 3 nitrogen and oxygen atoms in total. The highest BCUT2D eigenvalue weighted by Crippen LogP contribution is 2.32. The van der Waals surface area contributed by atoms with Gasteiger partial charge in [0.2, 0.25) is 0 Å². The van der Waals surface area contributed by atoms with Gasteiger partial charge < -0.3 is 11.5 Å². The van der Waals surface area contributed by atoms with Crippen molar-refractivity contribution in [3.05, 3.63) is 11.1 Å². The maximum Gasteiger partial charge on any atom is 0.180 e. The molecule has 0 spiro atoms.